The maximum atomic E-state index is 12.6. The van der Waals surface area contributed by atoms with Crippen molar-refractivity contribution in [2.24, 2.45) is 0 Å². The van der Waals surface area contributed by atoms with Crippen molar-refractivity contribution in [3.8, 4) is 17.5 Å². The molecule has 130 valence electrons. The molecule has 0 fully saturated rings. The van der Waals surface area contributed by atoms with Crippen molar-refractivity contribution < 1.29 is 9.21 Å². The lowest BCUT2D eigenvalue weighted by Crippen LogP contribution is -2.33. The Morgan fingerprint density at radius 2 is 1.77 bits per heavy atom. The molecule has 1 heterocycles. The molecule has 3 rings (SSSR count). The normalized spacial score (nSPS) is 10.3. The summed E-state index contributed by atoms with van der Waals surface area (Å²) in [4.78, 5) is 14.2. The summed E-state index contributed by atoms with van der Waals surface area (Å²) >= 11 is 1.19. The van der Waals surface area contributed by atoms with Crippen LogP contribution in [0.2, 0.25) is 0 Å². The molecule has 1 aromatic heterocycles. The predicted molar refractivity (Wildman–Crippen MR) is 99.5 cm³/mol. The van der Waals surface area contributed by atoms with E-state index in [-0.39, 0.29) is 18.1 Å². The molecule has 2 aromatic carbocycles. The van der Waals surface area contributed by atoms with Crippen molar-refractivity contribution in [3.05, 3.63) is 60.7 Å². The van der Waals surface area contributed by atoms with E-state index < -0.39 is 0 Å². The van der Waals surface area contributed by atoms with Crippen LogP contribution in [0.15, 0.2) is 70.3 Å². The Balaban J connectivity index is 1.65. The molecular weight excluding hydrogens is 348 g/mol. The Hall–Kier alpha value is -3.11. The highest BCUT2D eigenvalue weighted by Crippen LogP contribution is 2.24. The second-order valence-corrected chi connectivity index (χ2v) is 6.24. The van der Waals surface area contributed by atoms with Crippen molar-refractivity contribution in [1.82, 2.24) is 10.2 Å². The minimum atomic E-state index is -0.115. The first-order chi connectivity index (χ1) is 12.8. The molecule has 0 spiro atoms. The fourth-order valence-electron chi connectivity index (χ4n) is 2.33. The lowest BCUT2D eigenvalue weighted by Gasteiger charge is -2.21. The van der Waals surface area contributed by atoms with Gasteiger partial charge >= 0.3 is 0 Å². The molecule has 0 unspecified atom stereocenters. The third kappa shape index (κ3) is 4.49. The Bertz CT molecular complexity index is 891. The average molecular weight is 364 g/mol. The molecule has 7 heteroatoms. The Morgan fingerprint density at radius 3 is 2.46 bits per heavy atom. The number of benzene rings is 2. The highest BCUT2D eigenvalue weighted by Gasteiger charge is 2.17. The van der Waals surface area contributed by atoms with Crippen molar-refractivity contribution >= 4 is 23.4 Å². The van der Waals surface area contributed by atoms with Gasteiger partial charge in [0.2, 0.25) is 11.8 Å². The minimum absolute atomic E-state index is 0.115. The van der Waals surface area contributed by atoms with Gasteiger partial charge in [-0.2, -0.15) is 5.26 Å². The molecule has 26 heavy (non-hydrogen) atoms. The van der Waals surface area contributed by atoms with Crippen LogP contribution in [0.25, 0.3) is 11.5 Å². The highest BCUT2D eigenvalue weighted by atomic mass is 32.2. The monoisotopic (exact) mass is 364 g/mol. The standard InChI is InChI=1S/C19H16N4O2S/c20-12-7-13-23(16-10-5-2-6-11-16)17(24)14-26-19-22-21-18(25-19)15-8-3-1-4-9-15/h1-6,8-11H,7,13-14H2. The van der Waals surface area contributed by atoms with E-state index in [2.05, 4.69) is 16.3 Å². The van der Waals surface area contributed by atoms with Gasteiger partial charge in [-0.3, -0.25) is 4.79 Å². The third-order valence-electron chi connectivity index (χ3n) is 3.56. The van der Waals surface area contributed by atoms with Gasteiger partial charge in [0.05, 0.1) is 18.2 Å². The zero-order chi connectivity index (χ0) is 18.2. The zero-order valence-corrected chi connectivity index (χ0v) is 14.7. The van der Waals surface area contributed by atoms with Crippen LogP contribution in [0, 0.1) is 11.3 Å². The molecule has 0 aliphatic carbocycles. The Kier molecular flexibility index (Phi) is 6.01. The number of hydrogen-bond donors (Lipinski definition) is 0. The van der Waals surface area contributed by atoms with Gasteiger partial charge in [-0.25, -0.2) is 0 Å². The summed E-state index contributed by atoms with van der Waals surface area (Å²) in [7, 11) is 0. The van der Waals surface area contributed by atoms with Gasteiger partial charge in [0.1, 0.15) is 0 Å². The fraction of sp³-hybridized carbons (Fsp3) is 0.158. The van der Waals surface area contributed by atoms with Crippen molar-refractivity contribution in [3.63, 3.8) is 0 Å². The van der Waals surface area contributed by atoms with Crippen molar-refractivity contribution in [2.75, 3.05) is 17.2 Å². The van der Waals surface area contributed by atoms with Gasteiger partial charge < -0.3 is 9.32 Å². The molecule has 0 saturated heterocycles. The van der Waals surface area contributed by atoms with E-state index in [1.807, 2.05) is 60.7 Å². The van der Waals surface area contributed by atoms with Gasteiger partial charge in [0.15, 0.2) is 0 Å². The molecule has 0 aliphatic heterocycles. The topological polar surface area (TPSA) is 83.0 Å². The summed E-state index contributed by atoms with van der Waals surface area (Å²) in [5.74, 6) is 0.456. The lowest BCUT2D eigenvalue weighted by molar-refractivity contribution is -0.116. The maximum absolute atomic E-state index is 12.6. The second kappa shape index (κ2) is 8.83. The number of carbonyl (C=O) groups excluding carboxylic acids is 1. The zero-order valence-electron chi connectivity index (χ0n) is 13.9. The number of thioether (sulfide) groups is 1. The number of nitrogens with zero attached hydrogens (tertiary/aromatic N) is 4. The van der Waals surface area contributed by atoms with Gasteiger partial charge in [-0.1, -0.05) is 48.2 Å². The Morgan fingerprint density at radius 1 is 1.08 bits per heavy atom. The van der Waals surface area contributed by atoms with Crippen LogP contribution in [0.1, 0.15) is 6.42 Å². The van der Waals surface area contributed by atoms with E-state index in [1.165, 1.54) is 11.8 Å². The van der Waals surface area contributed by atoms with Crippen LogP contribution < -0.4 is 4.90 Å². The molecule has 1 amide bonds. The predicted octanol–water partition coefficient (Wildman–Crippen LogP) is 3.78. The summed E-state index contributed by atoms with van der Waals surface area (Å²) in [6.07, 6.45) is 0.268. The van der Waals surface area contributed by atoms with E-state index in [0.29, 0.717) is 17.7 Å². The summed E-state index contributed by atoms with van der Waals surface area (Å²) in [5.41, 5.74) is 1.60. The molecule has 6 nitrogen and oxygen atoms in total. The maximum Gasteiger partial charge on any atom is 0.277 e. The molecule has 0 aliphatic rings. The number of rotatable bonds is 7. The molecule has 0 saturated carbocycles. The smallest absolute Gasteiger partial charge is 0.277 e. The highest BCUT2D eigenvalue weighted by molar-refractivity contribution is 7.99. The van der Waals surface area contributed by atoms with Gasteiger partial charge in [0.25, 0.3) is 5.22 Å². The van der Waals surface area contributed by atoms with Crippen LogP contribution in [-0.4, -0.2) is 28.4 Å². The Labute approximate surface area is 155 Å². The summed E-state index contributed by atoms with van der Waals surface area (Å²) < 4.78 is 5.60. The van der Waals surface area contributed by atoms with E-state index in [0.717, 1.165) is 11.3 Å². The van der Waals surface area contributed by atoms with E-state index in [4.69, 9.17) is 9.68 Å². The van der Waals surface area contributed by atoms with Gasteiger partial charge in [-0.05, 0) is 24.3 Å². The molecule has 0 radical (unpaired) electrons. The fourth-order valence-corrected chi connectivity index (χ4v) is 2.97. The van der Waals surface area contributed by atoms with Crippen LogP contribution in [-0.2, 0) is 4.79 Å². The number of amides is 1. The summed E-state index contributed by atoms with van der Waals surface area (Å²) in [5, 5.41) is 17.2. The van der Waals surface area contributed by atoms with Crippen LogP contribution in [0.5, 0.6) is 0 Å². The summed E-state index contributed by atoms with van der Waals surface area (Å²) in [6, 6.07) is 20.8. The van der Waals surface area contributed by atoms with Gasteiger partial charge in [0, 0.05) is 17.8 Å². The SMILES string of the molecule is N#CCCN(C(=O)CSc1nnc(-c2ccccc2)o1)c1ccccc1. The van der Waals surface area contributed by atoms with E-state index in [1.54, 1.807) is 4.90 Å². The first-order valence-corrected chi connectivity index (χ1v) is 9.00. The quantitative estimate of drug-likeness (QED) is 0.593. The molecular formula is C19H16N4O2S. The number of carbonyl (C=O) groups is 1. The molecule has 0 bridgehead atoms. The molecule has 0 N–H and O–H groups in total. The average Bonchev–Trinajstić information content (AvgIpc) is 3.17. The number of anilines is 1. The number of aromatic nitrogens is 2. The lowest BCUT2D eigenvalue weighted by atomic mass is 10.2. The first kappa shape index (κ1) is 17.7. The minimum Gasteiger partial charge on any atom is -0.411 e. The number of hydrogen-bond acceptors (Lipinski definition) is 6. The van der Waals surface area contributed by atoms with Crippen LogP contribution >= 0.6 is 11.8 Å². The van der Waals surface area contributed by atoms with E-state index >= 15 is 0 Å². The molecule has 0 atom stereocenters. The van der Waals surface area contributed by atoms with E-state index in [9.17, 15) is 4.79 Å². The largest absolute Gasteiger partial charge is 0.411 e. The first-order valence-electron chi connectivity index (χ1n) is 8.02. The number of para-hydroxylation sites is 1. The van der Waals surface area contributed by atoms with Gasteiger partial charge in [-0.15, -0.1) is 10.2 Å². The third-order valence-corrected chi connectivity index (χ3v) is 4.37. The van der Waals surface area contributed by atoms with Crippen molar-refractivity contribution in [2.45, 2.75) is 11.6 Å². The number of nitriles is 1. The van der Waals surface area contributed by atoms with Crippen LogP contribution in [0.4, 0.5) is 5.69 Å². The molecule has 3 aromatic rings. The van der Waals surface area contributed by atoms with Crippen LogP contribution in [0.3, 0.4) is 0 Å². The van der Waals surface area contributed by atoms with Crippen molar-refractivity contribution in [1.29, 1.82) is 5.26 Å². The summed E-state index contributed by atoms with van der Waals surface area (Å²) in [6.45, 7) is 0.346. The second-order valence-electron chi connectivity index (χ2n) is 5.32.